The summed E-state index contributed by atoms with van der Waals surface area (Å²) in [5.74, 6) is 1.06. The second kappa shape index (κ2) is 5.87. The first-order valence-electron chi connectivity index (χ1n) is 8.22. The topological polar surface area (TPSA) is 15.3 Å². The Hall–Kier alpha value is -0.860. The molecule has 2 fully saturated rings. The van der Waals surface area contributed by atoms with Crippen molar-refractivity contribution in [2.75, 3.05) is 19.6 Å². The van der Waals surface area contributed by atoms with Gasteiger partial charge in [0.25, 0.3) is 0 Å². The van der Waals surface area contributed by atoms with Gasteiger partial charge in [-0.05, 0) is 44.7 Å². The molecule has 2 nitrogen and oxygen atoms in total. The van der Waals surface area contributed by atoms with E-state index in [4.69, 9.17) is 0 Å². The van der Waals surface area contributed by atoms with Crippen LogP contribution in [0.25, 0.3) is 0 Å². The van der Waals surface area contributed by atoms with Crippen LogP contribution >= 0.6 is 0 Å². The SMILES string of the molecule is CC1CNC(C)(c2ccccc2)CN1CCCC1CC1. The van der Waals surface area contributed by atoms with E-state index in [2.05, 4.69) is 54.4 Å². The van der Waals surface area contributed by atoms with E-state index in [-0.39, 0.29) is 5.54 Å². The molecule has 2 aliphatic rings. The second-order valence-electron chi connectivity index (χ2n) is 6.98. The molecule has 1 saturated heterocycles. The zero-order valence-electron chi connectivity index (χ0n) is 12.9. The third kappa shape index (κ3) is 3.24. The number of nitrogens with zero attached hydrogens (tertiary/aromatic N) is 1. The van der Waals surface area contributed by atoms with Gasteiger partial charge in [-0.2, -0.15) is 0 Å². The monoisotopic (exact) mass is 272 g/mol. The lowest BCUT2D eigenvalue weighted by Crippen LogP contribution is -2.60. The van der Waals surface area contributed by atoms with E-state index in [0.717, 1.165) is 19.0 Å². The summed E-state index contributed by atoms with van der Waals surface area (Å²) in [6, 6.07) is 11.6. The van der Waals surface area contributed by atoms with Crippen LogP contribution in [-0.2, 0) is 5.54 Å². The highest BCUT2D eigenvalue weighted by atomic mass is 15.2. The van der Waals surface area contributed by atoms with Crippen molar-refractivity contribution in [3.8, 4) is 0 Å². The third-order valence-corrected chi connectivity index (χ3v) is 5.10. The summed E-state index contributed by atoms with van der Waals surface area (Å²) in [6.45, 7) is 8.19. The molecule has 1 aromatic rings. The summed E-state index contributed by atoms with van der Waals surface area (Å²) >= 11 is 0. The molecule has 1 saturated carbocycles. The van der Waals surface area contributed by atoms with E-state index in [0.29, 0.717) is 6.04 Å². The van der Waals surface area contributed by atoms with Crippen LogP contribution < -0.4 is 5.32 Å². The third-order valence-electron chi connectivity index (χ3n) is 5.10. The number of hydrogen-bond acceptors (Lipinski definition) is 2. The molecule has 1 aromatic carbocycles. The molecule has 0 bridgehead atoms. The van der Waals surface area contributed by atoms with Gasteiger partial charge in [0.15, 0.2) is 0 Å². The summed E-state index contributed by atoms with van der Waals surface area (Å²) < 4.78 is 0. The molecule has 2 heteroatoms. The Morgan fingerprint density at radius 3 is 2.70 bits per heavy atom. The molecule has 0 spiro atoms. The lowest BCUT2D eigenvalue weighted by atomic mass is 9.88. The molecule has 1 N–H and O–H groups in total. The van der Waals surface area contributed by atoms with Gasteiger partial charge >= 0.3 is 0 Å². The van der Waals surface area contributed by atoms with Crippen molar-refractivity contribution in [3.05, 3.63) is 35.9 Å². The molecule has 0 amide bonds. The molecule has 110 valence electrons. The first-order valence-corrected chi connectivity index (χ1v) is 8.22. The minimum Gasteiger partial charge on any atom is -0.305 e. The van der Waals surface area contributed by atoms with Crippen molar-refractivity contribution in [1.29, 1.82) is 0 Å². The molecule has 2 atom stereocenters. The van der Waals surface area contributed by atoms with Crippen molar-refractivity contribution in [1.82, 2.24) is 10.2 Å². The zero-order chi connectivity index (χ0) is 14.0. The molecule has 20 heavy (non-hydrogen) atoms. The van der Waals surface area contributed by atoms with Crippen LogP contribution in [0.5, 0.6) is 0 Å². The molecule has 0 aromatic heterocycles. The smallest absolute Gasteiger partial charge is 0.0535 e. The first kappa shape index (κ1) is 14.1. The summed E-state index contributed by atoms with van der Waals surface area (Å²) in [5.41, 5.74) is 1.52. The minimum absolute atomic E-state index is 0.105. The van der Waals surface area contributed by atoms with Gasteiger partial charge in [-0.15, -0.1) is 0 Å². The van der Waals surface area contributed by atoms with Crippen molar-refractivity contribution < 1.29 is 0 Å². The maximum absolute atomic E-state index is 3.76. The van der Waals surface area contributed by atoms with Gasteiger partial charge in [0.2, 0.25) is 0 Å². The van der Waals surface area contributed by atoms with Crippen LogP contribution in [0.4, 0.5) is 0 Å². The zero-order valence-corrected chi connectivity index (χ0v) is 12.9. The number of piperazine rings is 1. The van der Waals surface area contributed by atoms with E-state index in [1.807, 2.05) is 0 Å². The summed E-state index contributed by atoms with van der Waals surface area (Å²) in [6.07, 6.45) is 5.79. The van der Waals surface area contributed by atoms with Crippen molar-refractivity contribution >= 4 is 0 Å². The minimum atomic E-state index is 0.105. The Balaban J connectivity index is 1.62. The van der Waals surface area contributed by atoms with Crippen LogP contribution in [0.3, 0.4) is 0 Å². The number of nitrogens with one attached hydrogen (secondary N) is 1. The average molecular weight is 272 g/mol. The Kier molecular flexibility index (Phi) is 4.13. The quantitative estimate of drug-likeness (QED) is 0.884. The Labute approximate surface area is 123 Å². The molecule has 2 unspecified atom stereocenters. The van der Waals surface area contributed by atoms with Gasteiger partial charge in [0.05, 0.1) is 5.54 Å². The predicted octanol–water partition coefficient (Wildman–Crippen LogP) is 3.39. The van der Waals surface area contributed by atoms with Crippen LogP contribution in [0.2, 0.25) is 0 Å². The highest BCUT2D eigenvalue weighted by molar-refractivity contribution is 5.25. The molecule has 1 heterocycles. The second-order valence-corrected chi connectivity index (χ2v) is 6.98. The van der Waals surface area contributed by atoms with E-state index in [9.17, 15) is 0 Å². The maximum Gasteiger partial charge on any atom is 0.0535 e. The molecule has 0 radical (unpaired) electrons. The largest absolute Gasteiger partial charge is 0.305 e. The van der Waals surface area contributed by atoms with Gasteiger partial charge in [-0.25, -0.2) is 0 Å². The Morgan fingerprint density at radius 2 is 2.00 bits per heavy atom. The summed E-state index contributed by atoms with van der Waals surface area (Å²) in [4.78, 5) is 2.69. The Morgan fingerprint density at radius 1 is 1.25 bits per heavy atom. The van der Waals surface area contributed by atoms with Crippen molar-refractivity contribution in [3.63, 3.8) is 0 Å². The van der Waals surface area contributed by atoms with Gasteiger partial charge in [-0.1, -0.05) is 43.2 Å². The normalized spacial score (nSPS) is 31.4. The average Bonchev–Trinajstić information content (AvgIpc) is 3.28. The molecule has 1 aliphatic heterocycles. The number of hydrogen-bond donors (Lipinski definition) is 1. The fourth-order valence-electron chi connectivity index (χ4n) is 3.41. The van der Waals surface area contributed by atoms with E-state index in [1.165, 1.54) is 37.8 Å². The summed E-state index contributed by atoms with van der Waals surface area (Å²) in [5, 5.41) is 3.76. The van der Waals surface area contributed by atoms with Gasteiger partial charge in [-0.3, -0.25) is 4.90 Å². The van der Waals surface area contributed by atoms with E-state index >= 15 is 0 Å². The van der Waals surface area contributed by atoms with Gasteiger partial charge in [0.1, 0.15) is 0 Å². The predicted molar refractivity (Wildman–Crippen MR) is 84.8 cm³/mol. The van der Waals surface area contributed by atoms with E-state index < -0.39 is 0 Å². The van der Waals surface area contributed by atoms with Crippen LogP contribution in [0.15, 0.2) is 30.3 Å². The van der Waals surface area contributed by atoms with Crippen molar-refractivity contribution in [2.24, 2.45) is 5.92 Å². The number of rotatable bonds is 5. The maximum atomic E-state index is 3.76. The molecule has 1 aliphatic carbocycles. The van der Waals surface area contributed by atoms with Crippen LogP contribution in [0, 0.1) is 5.92 Å². The molecular formula is C18H28N2. The lowest BCUT2D eigenvalue weighted by molar-refractivity contribution is 0.0925. The molecule has 3 rings (SSSR count). The first-order chi connectivity index (χ1) is 9.67. The highest BCUT2D eigenvalue weighted by Gasteiger charge is 2.35. The Bertz CT molecular complexity index is 426. The van der Waals surface area contributed by atoms with Gasteiger partial charge in [0, 0.05) is 19.1 Å². The van der Waals surface area contributed by atoms with Crippen LogP contribution in [0.1, 0.15) is 45.1 Å². The highest BCUT2D eigenvalue weighted by Crippen LogP contribution is 2.34. The van der Waals surface area contributed by atoms with Gasteiger partial charge < -0.3 is 5.32 Å². The summed E-state index contributed by atoms with van der Waals surface area (Å²) in [7, 11) is 0. The fraction of sp³-hybridized carbons (Fsp3) is 0.667. The standard InChI is InChI=1S/C18H28N2/c1-15-13-19-18(2,17-8-4-3-5-9-17)14-20(15)12-6-7-16-10-11-16/h3-5,8-9,15-16,19H,6-7,10-14H2,1-2H3. The van der Waals surface area contributed by atoms with E-state index in [1.54, 1.807) is 0 Å². The molecular weight excluding hydrogens is 244 g/mol. The fourth-order valence-corrected chi connectivity index (χ4v) is 3.41. The van der Waals surface area contributed by atoms with Crippen LogP contribution in [-0.4, -0.2) is 30.6 Å². The van der Waals surface area contributed by atoms with Crippen molar-refractivity contribution in [2.45, 2.75) is 51.1 Å². The number of benzene rings is 1. The lowest BCUT2D eigenvalue weighted by Gasteiger charge is -2.45.